The summed E-state index contributed by atoms with van der Waals surface area (Å²) in [6, 6.07) is 0. The first-order chi connectivity index (χ1) is 9.46. The molecule has 1 fully saturated rings. The molecule has 1 heterocycles. The minimum atomic E-state index is -0.171. The average molecular weight is 296 g/mol. The summed E-state index contributed by atoms with van der Waals surface area (Å²) in [6.07, 6.45) is 6.67. The van der Waals surface area contributed by atoms with Gasteiger partial charge in [-0.2, -0.15) is 0 Å². The molecule has 0 amide bonds. The van der Waals surface area contributed by atoms with Crippen LogP contribution in [-0.4, -0.2) is 12.1 Å². The number of ether oxygens (including phenoxy) is 1. The van der Waals surface area contributed by atoms with Gasteiger partial charge in [-0.3, -0.25) is 0 Å². The lowest BCUT2D eigenvalue weighted by atomic mass is 9.71. The van der Waals surface area contributed by atoms with Crippen LogP contribution in [-0.2, 0) is 23.3 Å². The van der Waals surface area contributed by atoms with Crippen LogP contribution in [0.2, 0.25) is 0 Å². The van der Waals surface area contributed by atoms with Crippen LogP contribution in [0.4, 0.5) is 0 Å². The molecule has 0 unspecified atom stereocenters. The maximum absolute atomic E-state index is 5.96. The number of hydrogen-bond acceptors (Lipinski definition) is 4. The van der Waals surface area contributed by atoms with Gasteiger partial charge in [-0.25, -0.2) is 4.98 Å². The van der Waals surface area contributed by atoms with Gasteiger partial charge in [0.25, 0.3) is 0 Å². The molecule has 1 aliphatic carbocycles. The van der Waals surface area contributed by atoms with Crippen LogP contribution in [0, 0.1) is 5.41 Å². The molecule has 1 aromatic heterocycles. The predicted octanol–water partition coefficient (Wildman–Crippen LogP) is 4.00. The highest BCUT2D eigenvalue weighted by Crippen LogP contribution is 2.48. The Bertz CT molecular complexity index is 443. The third-order valence-corrected chi connectivity index (χ3v) is 5.95. The Morgan fingerprint density at radius 1 is 1.25 bits per heavy atom. The molecule has 0 aromatic carbocycles. The van der Waals surface area contributed by atoms with E-state index in [1.807, 2.05) is 7.11 Å². The summed E-state index contributed by atoms with van der Waals surface area (Å²) >= 11 is 1.77. The molecular formula is C16H28N2OS. The smallest absolute Gasteiger partial charge is 0.125 e. The summed E-state index contributed by atoms with van der Waals surface area (Å²) < 4.78 is 5.96. The Kier molecular flexibility index (Phi) is 4.88. The quantitative estimate of drug-likeness (QED) is 0.893. The fourth-order valence-electron chi connectivity index (χ4n) is 3.01. The molecule has 3 nitrogen and oxygen atoms in total. The van der Waals surface area contributed by atoms with E-state index in [1.165, 1.54) is 23.4 Å². The topological polar surface area (TPSA) is 48.1 Å². The summed E-state index contributed by atoms with van der Waals surface area (Å²) in [5.41, 5.74) is 7.33. The van der Waals surface area contributed by atoms with Crippen LogP contribution in [0.25, 0.3) is 0 Å². The molecule has 4 heteroatoms. The first-order valence-corrected chi connectivity index (χ1v) is 8.52. The van der Waals surface area contributed by atoms with Crippen molar-refractivity contribution < 1.29 is 4.74 Å². The summed E-state index contributed by atoms with van der Waals surface area (Å²) in [7, 11) is 1.83. The zero-order chi connectivity index (χ0) is 14.8. The van der Waals surface area contributed by atoms with Gasteiger partial charge < -0.3 is 10.5 Å². The van der Waals surface area contributed by atoms with Gasteiger partial charge >= 0.3 is 0 Å². The zero-order valence-corrected chi connectivity index (χ0v) is 14.1. The Morgan fingerprint density at radius 3 is 2.40 bits per heavy atom. The average Bonchev–Trinajstić information content (AvgIpc) is 2.84. The van der Waals surface area contributed by atoms with E-state index in [4.69, 9.17) is 15.5 Å². The Labute approximate surface area is 126 Å². The van der Waals surface area contributed by atoms with Crippen molar-refractivity contribution in [3.63, 3.8) is 0 Å². The highest BCUT2D eigenvalue weighted by molar-refractivity contribution is 7.11. The fourth-order valence-corrected chi connectivity index (χ4v) is 4.22. The van der Waals surface area contributed by atoms with Crippen molar-refractivity contribution in [2.45, 2.75) is 71.4 Å². The molecule has 0 bridgehead atoms. The SMILES string of the molecule is CCCc1nc(C2(OC)CCC(C)(C)CC2)sc1CN. The van der Waals surface area contributed by atoms with Crippen LogP contribution >= 0.6 is 11.3 Å². The van der Waals surface area contributed by atoms with E-state index < -0.39 is 0 Å². The molecule has 20 heavy (non-hydrogen) atoms. The molecule has 1 aromatic rings. The van der Waals surface area contributed by atoms with Gasteiger partial charge in [0.15, 0.2) is 0 Å². The first-order valence-electron chi connectivity index (χ1n) is 7.70. The highest BCUT2D eigenvalue weighted by atomic mass is 32.1. The summed E-state index contributed by atoms with van der Waals surface area (Å²) in [5, 5.41) is 1.15. The minimum Gasteiger partial charge on any atom is -0.371 e. The van der Waals surface area contributed by atoms with Gasteiger partial charge in [-0.15, -0.1) is 11.3 Å². The molecule has 2 N–H and O–H groups in total. The predicted molar refractivity (Wildman–Crippen MR) is 84.9 cm³/mol. The first kappa shape index (κ1) is 15.9. The Balaban J connectivity index is 2.28. The van der Waals surface area contributed by atoms with Crippen molar-refractivity contribution in [1.82, 2.24) is 4.98 Å². The van der Waals surface area contributed by atoms with Gasteiger partial charge in [0, 0.05) is 18.5 Å². The van der Waals surface area contributed by atoms with Crippen molar-refractivity contribution in [1.29, 1.82) is 0 Å². The number of aryl methyl sites for hydroxylation is 1. The monoisotopic (exact) mass is 296 g/mol. The van der Waals surface area contributed by atoms with Crippen molar-refractivity contribution in [2.75, 3.05) is 7.11 Å². The van der Waals surface area contributed by atoms with Gasteiger partial charge in [0.2, 0.25) is 0 Å². The standard InChI is InChI=1S/C16H28N2OS/c1-5-6-12-13(11-17)20-14(18-12)16(19-4)9-7-15(2,3)8-10-16/h5-11,17H2,1-4H3. The van der Waals surface area contributed by atoms with E-state index in [2.05, 4.69) is 20.8 Å². The number of methoxy groups -OCH3 is 1. The van der Waals surface area contributed by atoms with Crippen LogP contribution < -0.4 is 5.73 Å². The highest BCUT2D eigenvalue weighted by Gasteiger charge is 2.42. The molecular weight excluding hydrogens is 268 g/mol. The second kappa shape index (κ2) is 6.12. The van der Waals surface area contributed by atoms with Crippen LogP contribution in [0.15, 0.2) is 0 Å². The van der Waals surface area contributed by atoms with E-state index >= 15 is 0 Å². The second-order valence-electron chi connectivity index (χ2n) is 6.71. The molecule has 114 valence electrons. The number of rotatable bonds is 5. The van der Waals surface area contributed by atoms with Crippen molar-refractivity contribution in [3.05, 3.63) is 15.6 Å². The number of aromatic nitrogens is 1. The maximum atomic E-state index is 5.96. The Hall–Kier alpha value is -0.450. The minimum absolute atomic E-state index is 0.171. The van der Waals surface area contributed by atoms with E-state index in [0.717, 1.165) is 30.7 Å². The molecule has 0 radical (unpaired) electrons. The normalized spacial score (nSPS) is 21.1. The molecule has 1 saturated carbocycles. The van der Waals surface area contributed by atoms with Gasteiger partial charge in [0.05, 0.1) is 5.69 Å². The van der Waals surface area contributed by atoms with Gasteiger partial charge in [0.1, 0.15) is 10.6 Å². The molecule has 0 atom stereocenters. The maximum Gasteiger partial charge on any atom is 0.125 e. The molecule has 0 aliphatic heterocycles. The fraction of sp³-hybridized carbons (Fsp3) is 0.812. The van der Waals surface area contributed by atoms with Crippen LogP contribution in [0.3, 0.4) is 0 Å². The molecule has 2 rings (SSSR count). The van der Waals surface area contributed by atoms with Crippen molar-refractivity contribution in [2.24, 2.45) is 11.1 Å². The van der Waals surface area contributed by atoms with Gasteiger partial charge in [-0.1, -0.05) is 27.2 Å². The van der Waals surface area contributed by atoms with E-state index in [0.29, 0.717) is 12.0 Å². The van der Waals surface area contributed by atoms with E-state index in [1.54, 1.807) is 11.3 Å². The lowest BCUT2D eigenvalue weighted by Crippen LogP contribution is -2.36. The largest absolute Gasteiger partial charge is 0.371 e. The van der Waals surface area contributed by atoms with E-state index in [-0.39, 0.29) is 5.60 Å². The molecule has 0 spiro atoms. The lowest BCUT2D eigenvalue weighted by molar-refractivity contribution is -0.0668. The van der Waals surface area contributed by atoms with E-state index in [9.17, 15) is 0 Å². The number of nitrogens with two attached hydrogens (primary N) is 1. The number of thiazole rings is 1. The lowest BCUT2D eigenvalue weighted by Gasteiger charge is -2.41. The van der Waals surface area contributed by atoms with Crippen molar-refractivity contribution >= 4 is 11.3 Å². The summed E-state index contributed by atoms with van der Waals surface area (Å²) in [4.78, 5) is 6.14. The second-order valence-corrected chi connectivity index (χ2v) is 7.79. The summed E-state index contributed by atoms with van der Waals surface area (Å²) in [5.74, 6) is 0. The van der Waals surface area contributed by atoms with Gasteiger partial charge in [-0.05, 0) is 37.5 Å². The third kappa shape index (κ3) is 3.07. The van der Waals surface area contributed by atoms with Crippen molar-refractivity contribution in [3.8, 4) is 0 Å². The summed E-state index contributed by atoms with van der Waals surface area (Å²) in [6.45, 7) is 7.48. The third-order valence-electron chi connectivity index (χ3n) is 4.64. The van der Waals surface area contributed by atoms with Crippen LogP contribution in [0.1, 0.15) is 68.5 Å². The molecule has 1 aliphatic rings. The van der Waals surface area contributed by atoms with Crippen LogP contribution in [0.5, 0.6) is 0 Å². The Morgan fingerprint density at radius 2 is 1.90 bits per heavy atom. The molecule has 0 saturated heterocycles. The number of hydrogen-bond donors (Lipinski definition) is 1. The zero-order valence-electron chi connectivity index (χ0n) is 13.3. The number of nitrogens with zero attached hydrogens (tertiary/aromatic N) is 1.